The highest BCUT2D eigenvalue weighted by Gasteiger charge is 2.13. The van der Waals surface area contributed by atoms with E-state index in [-0.39, 0.29) is 6.04 Å². The number of rotatable bonds is 4. The van der Waals surface area contributed by atoms with Crippen LogP contribution in [0.3, 0.4) is 0 Å². The normalized spacial score (nSPS) is 13.1. The molecule has 0 saturated heterocycles. The van der Waals surface area contributed by atoms with Gasteiger partial charge in [-0.25, -0.2) is 0 Å². The fourth-order valence-electron chi connectivity index (χ4n) is 1.02. The molecule has 2 N–H and O–H groups in total. The summed E-state index contributed by atoms with van der Waals surface area (Å²) in [5, 5.41) is 2.07. The quantitative estimate of drug-likeness (QED) is 0.865. The standard InChI is InChI=1S/C9H13BrN2S2/c1-6(9(11)13)12(2)5-8-7(10)3-4-14-8/h3-4,6H,5H2,1-2H3,(H2,11,13). The predicted octanol–water partition coefficient (Wildman–Crippen LogP) is 2.62. The second-order valence-electron chi connectivity index (χ2n) is 3.19. The molecule has 1 heterocycles. The molecule has 0 aliphatic carbocycles. The lowest BCUT2D eigenvalue weighted by molar-refractivity contribution is 0.306. The lowest BCUT2D eigenvalue weighted by Gasteiger charge is -2.22. The second kappa shape index (κ2) is 5.21. The molecule has 1 unspecified atom stereocenters. The lowest BCUT2D eigenvalue weighted by Crippen LogP contribution is -2.38. The molecule has 1 rings (SSSR count). The van der Waals surface area contributed by atoms with Crippen LogP contribution in [0.1, 0.15) is 11.8 Å². The molecule has 5 heteroatoms. The third-order valence-corrected chi connectivity index (χ3v) is 4.41. The van der Waals surface area contributed by atoms with Crippen LogP contribution in [0.15, 0.2) is 15.9 Å². The number of likely N-dealkylation sites (N-methyl/N-ethyl adjacent to an activating group) is 1. The Kier molecular flexibility index (Phi) is 4.50. The van der Waals surface area contributed by atoms with Crippen molar-refractivity contribution in [3.8, 4) is 0 Å². The van der Waals surface area contributed by atoms with E-state index >= 15 is 0 Å². The Morgan fingerprint density at radius 2 is 2.43 bits per heavy atom. The molecule has 0 aliphatic heterocycles. The van der Waals surface area contributed by atoms with Crippen LogP contribution in [0.4, 0.5) is 0 Å². The molecule has 78 valence electrons. The van der Waals surface area contributed by atoms with Gasteiger partial charge in [-0.2, -0.15) is 0 Å². The van der Waals surface area contributed by atoms with Crippen molar-refractivity contribution in [1.29, 1.82) is 0 Å². The highest BCUT2D eigenvalue weighted by Crippen LogP contribution is 2.24. The Labute approximate surface area is 102 Å². The maximum absolute atomic E-state index is 5.59. The maximum Gasteiger partial charge on any atom is 0.0899 e. The van der Waals surface area contributed by atoms with Gasteiger partial charge in [0.15, 0.2) is 0 Å². The number of thiocarbonyl (C=S) groups is 1. The van der Waals surface area contributed by atoms with Gasteiger partial charge in [0.25, 0.3) is 0 Å². The average Bonchev–Trinajstić information content (AvgIpc) is 2.50. The van der Waals surface area contributed by atoms with Gasteiger partial charge in [-0.15, -0.1) is 11.3 Å². The molecule has 1 atom stereocenters. The molecule has 0 radical (unpaired) electrons. The third kappa shape index (κ3) is 3.02. The molecule has 0 aliphatic rings. The third-order valence-electron chi connectivity index (χ3n) is 2.16. The summed E-state index contributed by atoms with van der Waals surface area (Å²) >= 11 is 10.2. The summed E-state index contributed by atoms with van der Waals surface area (Å²) in [4.78, 5) is 3.98. The average molecular weight is 293 g/mol. The van der Waals surface area contributed by atoms with Crippen molar-refractivity contribution in [1.82, 2.24) is 4.90 Å². The molecule has 0 amide bonds. The molecular formula is C9H13BrN2S2. The SMILES string of the molecule is CC(C(N)=S)N(C)Cc1sccc1Br. The van der Waals surface area contributed by atoms with E-state index in [0.29, 0.717) is 4.99 Å². The van der Waals surface area contributed by atoms with Crippen LogP contribution in [-0.4, -0.2) is 23.0 Å². The van der Waals surface area contributed by atoms with Crippen LogP contribution in [-0.2, 0) is 6.54 Å². The van der Waals surface area contributed by atoms with Crippen LogP contribution in [0, 0.1) is 0 Å². The van der Waals surface area contributed by atoms with Gasteiger partial charge < -0.3 is 5.73 Å². The summed E-state index contributed by atoms with van der Waals surface area (Å²) in [6.45, 7) is 2.89. The van der Waals surface area contributed by atoms with Crippen molar-refractivity contribution in [2.75, 3.05) is 7.05 Å². The topological polar surface area (TPSA) is 29.3 Å². The molecule has 0 bridgehead atoms. The number of nitrogens with zero attached hydrogens (tertiary/aromatic N) is 1. The van der Waals surface area contributed by atoms with Gasteiger partial charge >= 0.3 is 0 Å². The minimum atomic E-state index is 0.138. The van der Waals surface area contributed by atoms with E-state index < -0.39 is 0 Å². The van der Waals surface area contributed by atoms with E-state index in [1.165, 1.54) is 4.88 Å². The van der Waals surface area contributed by atoms with Crippen molar-refractivity contribution >= 4 is 44.5 Å². The summed E-state index contributed by atoms with van der Waals surface area (Å²) in [6.07, 6.45) is 0. The van der Waals surface area contributed by atoms with Gasteiger partial charge in [-0.3, -0.25) is 4.90 Å². The van der Waals surface area contributed by atoms with Crippen molar-refractivity contribution in [2.45, 2.75) is 19.5 Å². The van der Waals surface area contributed by atoms with Crippen molar-refractivity contribution in [3.63, 3.8) is 0 Å². The van der Waals surface area contributed by atoms with Gasteiger partial charge in [0.05, 0.1) is 11.0 Å². The van der Waals surface area contributed by atoms with E-state index in [1.807, 2.05) is 14.0 Å². The van der Waals surface area contributed by atoms with Crippen LogP contribution in [0.25, 0.3) is 0 Å². The van der Waals surface area contributed by atoms with E-state index in [2.05, 4.69) is 32.3 Å². The smallest absolute Gasteiger partial charge is 0.0899 e. The molecule has 1 aromatic rings. The number of halogens is 1. The molecule has 0 spiro atoms. The number of hydrogen-bond acceptors (Lipinski definition) is 3. The summed E-state index contributed by atoms with van der Waals surface area (Å²) in [6, 6.07) is 2.19. The number of nitrogens with two attached hydrogens (primary N) is 1. The summed E-state index contributed by atoms with van der Waals surface area (Å²) in [7, 11) is 2.02. The zero-order valence-electron chi connectivity index (χ0n) is 8.16. The minimum Gasteiger partial charge on any atom is -0.392 e. The van der Waals surface area contributed by atoms with Crippen molar-refractivity contribution in [3.05, 3.63) is 20.8 Å². The Hall–Kier alpha value is 0.0300. The molecule has 0 aromatic carbocycles. The molecule has 1 aromatic heterocycles. The van der Waals surface area contributed by atoms with Crippen LogP contribution in [0.2, 0.25) is 0 Å². The first-order valence-corrected chi connectivity index (χ1v) is 6.32. The first-order chi connectivity index (χ1) is 6.52. The first kappa shape index (κ1) is 12.1. The van der Waals surface area contributed by atoms with Gasteiger partial charge in [0.2, 0.25) is 0 Å². The fourth-order valence-corrected chi connectivity index (χ4v) is 2.74. The van der Waals surface area contributed by atoms with Gasteiger partial charge in [-0.1, -0.05) is 12.2 Å². The highest BCUT2D eigenvalue weighted by molar-refractivity contribution is 9.10. The fraction of sp³-hybridized carbons (Fsp3) is 0.444. The van der Waals surface area contributed by atoms with Crippen LogP contribution in [0.5, 0.6) is 0 Å². The van der Waals surface area contributed by atoms with Crippen molar-refractivity contribution in [2.24, 2.45) is 5.73 Å². The first-order valence-electron chi connectivity index (χ1n) is 4.23. The Bertz CT molecular complexity index is 324. The van der Waals surface area contributed by atoms with Gasteiger partial charge in [0.1, 0.15) is 0 Å². The summed E-state index contributed by atoms with van der Waals surface area (Å²) in [5.41, 5.74) is 5.59. The number of thiophene rings is 1. The molecular weight excluding hydrogens is 280 g/mol. The molecule has 14 heavy (non-hydrogen) atoms. The molecule has 2 nitrogen and oxygen atoms in total. The van der Waals surface area contributed by atoms with Crippen LogP contribution < -0.4 is 5.73 Å². The van der Waals surface area contributed by atoms with Crippen LogP contribution >= 0.6 is 39.5 Å². The summed E-state index contributed by atoms with van der Waals surface area (Å²) in [5.74, 6) is 0. The Morgan fingerprint density at radius 1 is 1.79 bits per heavy atom. The van der Waals surface area contributed by atoms with Gasteiger partial charge in [0, 0.05) is 15.9 Å². The monoisotopic (exact) mass is 292 g/mol. The Morgan fingerprint density at radius 3 is 2.86 bits per heavy atom. The van der Waals surface area contributed by atoms with Crippen molar-refractivity contribution < 1.29 is 0 Å². The zero-order chi connectivity index (χ0) is 10.7. The summed E-state index contributed by atoms with van der Waals surface area (Å²) < 4.78 is 1.16. The molecule has 0 saturated carbocycles. The zero-order valence-corrected chi connectivity index (χ0v) is 11.4. The van der Waals surface area contributed by atoms with Gasteiger partial charge in [-0.05, 0) is 41.3 Å². The molecule has 0 fully saturated rings. The highest BCUT2D eigenvalue weighted by atomic mass is 79.9. The Balaban J connectivity index is 2.61. The lowest BCUT2D eigenvalue weighted by atomic mass is 10.3. The second-order valence-corrected chi connectivity index (χ2v) is 5.51. The minimum absolute atomic E-state index is 0.138. The van der Waals surface area contributed by atoms with E-state index in [4.69, 9.17) is 18.0 Å². The maximum atomic E-state index is 5.59. The largest absolute Gasteiger partial charge is 0.392 e. The number of hydrogen-bond donors (Lipinski definition) is 1. The predicted molar refractivity (Wildman–Crippen MR) is 69.7 cm³/mol. The van der Waals surface area contributed by atoms with E-state index in [0.717, 1.165) is 11.0 Å². The van der Waals surface area contributed by atoms with E-state index in [1.54, 1.807) is 11.3 Å². The van der Waals surface area contributed by atoms with E-state index in [9.17, 15) is 0 Å².